The molecule has 0 aliphatic carbocycles. The summed E-state index contributed by atoms with van der Waals surface area (Å²) in [5.74, 6) is 0.787. The molecule has 9 nitrogen and oxygen atoms in total. The number of thioether (sulfide) groups is 1. The number of nitrogens with one attached hydrogen (secondary N) is 1. The molecule has 0 unspecified atom stereocenters. The predicted molar refractivity (Wildman–Crippen MR) is 133 cm³/mol. The van der Waals surface area contributed by atoms with Gasteiger partial charge in [0.1, 0.15) is 12.7 Å². The van der Waals surface area contributed by atoms with Crippen LogP contribution in [0.3, 0.4) is 0 Å². The summed E-state index contributed by atoms with van der Waals surface area (Å²) in [4.78, 5) is 19.1. The number of aromatic nitrogens is 6. The summed E-state index contributed by atoms with van der Waals surface area (Å²) in [5.41, 5.74) is 3.39. The number of rotatable bonds is 7. The van der Waals surface area contributed by atoms with Crippen LogP contribution in [0.15, 0.2) is 60.3 Å². The van der Waals surface area contributed by atoms with Crippen molar-refractivity contribution >= 4 is 40.9 Å². The van der Waals surface area contributed by atoms with Gasteiger partial charge in [-0.1, -0.05) is 41.1 Å². The summed E-state index contributed by atoms with van der Waals surface area (Å²) in [5, 5.41) is 17.2. The highest BCUT2D eigenvalue weighted by Gasteiger charge is 2.23. The molecule has 2 aromatic heterocycles. The Bertz CT molecular complexity index is 1280. The maximum atomic E-state index is 12.9. The smallest absolute Gasteiger partial charge is 0.234 e. The Morgan fingerprint density at radius 1 is 1.12 bits per heavy atom. The van der Waals surface area contributed by atoms with E-state index in [1.165, 1.54) is 23.7 Å². The Hall–Kier alpha value is -3.37. The van der Waals surface area contributed by atoms with Crippen LogP contribution in [0.1, 0.15) is 18.4 Å². The molecule has 1 amide bonds. The van der Waals surface area contributed by atoms with E-state index in [-0.39, 0.29) is 11.7 Å². The molecule has 3 heterocycles. The van der Waals surface area contributed by atoms with Crippen molar-refractivity contribution in [1.29, 1.82) is 0 Å². The maximum absolute atomic E-state index is 12.9. The Labute approximate surface area is 206 Å². The molecule has 0 radical (unpaired) electrons. The number of nitrogens with zero attached hydrogens (tertiary/aromatic N) is 7. The van der Waals surface area contributed by atoms with Crippen LogP contribution in [0.4, 0.5) is 11.6 Å². The molecule has 1 aliphatic heterocycles. The maximum Gasteiger partial charge on any atom is 0.234 e. The third-order valence-electron chi connectivity index (χ3n) is 5.53. The number of hydrogen-bond donors (Lipinski definition) is 1. The van der Waals surface area contributed by atoms with E-state index >= 15 is 0 Å². The van der Waals surface area contributed by atoms with E-state index in [9.17, 15) is 4.79 Å². The van der Waals surface area contributed by atoms with Gasteiger partial charge in [-0.15, -0.1) is 10.2 Å². The minimum absolute atomic E-state index is 0.160. The van der Waals surface area contributed by atoms with Gasteiger partial charge in [-0.05, 0) is 50.1 Å². The fourth-order valence-electron chi connectivity index (χ4n) is 3.85. The first-order chi connectivity index (χ1) is 16.6. The minimum atomic E-state index is -0.185. The van der Waals surface area contributed by atoms with Gasteiger partial charge in [0.05, 0.1) is 22.8 Å². The zero-order valence-electron chi connectivity index (χ0n) is 18.6. The van der Waals surface area contributed by atoms with Crippen molar-refractivity contribution in [3.05, 3.63) is 65.7 Å². The molecule has 5 rings (SSSR count). The molecule has 1 N–H and O–H groups in total. The summed E-state index contributed by atoms with van der Waals surface area (Å²) in [7, 11) is 0. The zero-order valence-corrected chi connectivity index (χ0v) is 20.1. The van der Waals surface area contributed by atoms with E-state index in [0.717, 1.165) is 37.6 Å². The largest absolute Gasteiger partial charge is 0.341 e. The van der Waals surface area contributed by atoms with E-state index in [0.29, 0.717) is 21.6 Å². The first-order valence-corrected chi connectivity index (χ1v) is 12.3. The molecule has 11 heteroatoms. The number of halogens is 1. The van der Waals surface area contributed by atoms with Crippen LogP contribution < -0.4 is 10.2 Å². The molecule has 4 aromatic rings. The predicted octanol–water partition coefficient (Wildman–Crippen LogP) is 4.14. The molecule has 1 fully saturated rings. The normalized spacial score (nSPS) is 13.4. The lowest BCUT2D eigenvalue weighted by Gasteiger charge is -2.18. The average Bonchev–Trinajstić information content (AvgIpc) is 3.60. The highest BCUT2D eigenvalue weighted by atomic mass is 35.5. The number of amides is 1. The summed E-state index contributed by atoms with van der Waals surface area (Å²) in [6, 6.07) is 13.5. The molecule has 0 saturated carbocycles. The van der Waals surface area contributed by atoms with Crippen molar-refractivity contribution in [2.45, 2.75) is 24.9 Å². The first-order valence-electron chi connectivity index (χ1n) is 10.9. The van der Waals surface area contributed by atoms with Crippen LogP contribution in [0.5, 0.6) is 0 Å². The highest BCUT2D eigenvalue weighted by Crippen LogP contribution is 2.29. The molecule has 34 heavy (non-hydrogen) atoms. The molecular weight excluding hydrogens is 472 g/mol. The lowest BCUT2D eigenvalue weighted by Crippen LogP contribution is -2.22. The lowest BCUT2D eigenvalue weighted by atomic mass is 10.2. The highest BCUT2D eigenvalue weighted by molar-refractivity contribution is 7.99. The molecule has 1 saturated heterocycles. The number of hydrogen-bond acceptors (Lipinski definition) is 7. The summed E-state index contributed by atoms with van der Waals surface area (Å²) < 4.78 is 3.61. The van der Waals surface area contributed by atoms with Gasteiger partial charge in [-0.2, -0.15) is 5.10 Å². The quantitative estimate of drug-likeness (QED) is 0.386. The molecule has 0 atom stereocenters. The van der Waals surface area contributed by atoms with Gasteiger partial charge in [0, 0.05) is 18.1 Å². The van der Waals surface area contributed by atoms with Crippen LogP contribution in [0, 0.1) is 6.92 Å². The second-order valence-electron chi connectivity index (χ2n) is 7.99. The second-order valence-corrected chi connectivity index (χ2v) is 9.36. The van der Waals surface area contributed by atoms with Crippen LogP contribution in [-0.4, -0.2) is 54.3 Å². The van der Waals surface area contributed by atoms with Crippen molar-refractivity contribution in [1.82, 2.24) is 29.5 Å². The van der Waals surface area contributed by atoms with E-state index < -0.39 is 0 Å². The molecule has 0 spiro atoms. The topological polar surface area (TPSA) is 93.8 Å². The van der Waals surface area contributed by atoms with Gasteiger partial charge in [0.25, 0.3) is 0 Å². The number of aryl methyl sites for hydroxylation is 1. The van der Waals surface area contributed by atoms with Crippen molar-refractivity contribution in [2.24, 2.45) is 0 Å². The third kappa shape index (κ3) is 4.78. The summed E-state index contributed by atoms with van der Waals surface area (Å²) in [6.07, 6.45) is 5.28. The summed E-state index contributed by atoms with van der Waals surface area (Å²) >= 11 is 7.51. The number of benzene rings is 2. The van der Waals surface area contributed by atoms with Crippen LogP contribution in [-0.2, 0) is 4.79 Å². The van der Waals surface area contributed by atoms with E-state index in [1.807, 2.05) is 4.57 Å². The molecular formula is C23H23ClN8OS. The van der Waals surface area contributed by atoms with Gasteiger partial charge in [-0.3, -0.25) is 9.36 Å². The van der Waals surface area contributed by atoms with Crippen LogP contribution in [0.2, 0.25) is 5.02 Å². The molecule has 174 valence electrons. The fourth-order valence-corrected chi connectivity index (χ4v) is 4.77. The Kier molecular flexibility index (Phi) is 6.50. The molecule has 1 aliphatic rings. The second kappa shape index (κ2) is 9.86. The number of carbonyl (C=O) groups is 1. The Morgan fingerprint density at radius 2 is 1.91 bits per heavy atom. The van der Waals surface area contributed by atoms with Gasteiger partial charge in [0.2, 0.25) is 11.9 Å². The van der Waals surface area contributed by atoms with Crippen LogP contribution >= 0.6 is 23.4 Å². The summed E-state index contributed by atoms with van der Waals surface area (Å²) in [6.45, 7) is 3.96. The van der Waals surface area contributed by atoms with Crippen LogP contribution in [0.25, 0.3) is 11.4 Å². The molecule has 0 bridgehead atoms. The van der Waals surface area contributed by atoms with Gasteiger partial charge >= 0.3 is 0 Å². The number of carbonyl (C=O) groups excluding carboxylic acids is 1. The first kappa shape index (κ1) is 22.4. The van der Waals surface area contributed by atoms with Gasteiger partial charge in [0.15, 0.2) is 5.16 Å². The monoisotopic (exact) mass is 494 g/mol. The van der Waals surface area contributed by atoms with Crippen molar-refractivity contribution in [3.8, 4) is 11.4 Å². The number of anilines is 2. The van der Waals surface area contributed by atoms with Gasteiger partial charge in [-0.25, -0.2) is 9.67 Å². The van der Waals surface area contributed by atoms with Crippen molar-refractivity contribution in [3.63, 3.8) is 0 Å². The SMILES string of the molecule is Cc1ccc(-n2c(SCC(=O)Nc3cc(Cl)ccc3-n3cncn3)nnc2N2CCCC2)cc1. The lowest BCUT2D eigenvalue weighted by molar-refractivity contribution is -0.113. The van der Waals surface area contributed by atoms with Crippen molar-refractivity contribution < 1.29 is 4.79 Å². The zero-order chi connectivity index (χ0) is 23.5. The Balaban J connectivity index is 1.36. The molecule has 2 aromatic carbocycles. The van der Waals surface area contributed by atoms with E-state index in [2.05, 4.69) is 61.7 Å². The fraction of sp³-hybridized carbons (Fsp3) is 0.261. The van der Waals surface area contributed by atoms with Gasteiger partial charge < -0.3 is 10.2 Å². The average molecular weight is 495 g/mol. The van der Waals surface area contributed by atoms with E-state index in [1.54, 1.807) is 29.2 Å². The Morgan fingerprint density at radius 3 is 2.65 bits per heavy atom. The van der Waals surface area contributed by atoms with E-state index in [4.69, 9.17) is 11.6 Å². The third-order valence-corrected chi connectivity index (χ3v) is 6.69. The van der Waals surface area contributed by atoms with Crippen molar-refractivity contribution in [2.75, 3.05) is 29.1 Å². The standard InChI is InChI=1S/C23H23ClN8OS/c1-16-4-7-18(8-5-16)32-22(30-10-2-3-11-30)28-29-23(32)34-13-21(33)27-19-12-17(24)6-9-20(19)31-15-25-14-26-31/h4-9,12,14-15H,2-3,10-11,13H2,1H3,(H,27,33). The minimum Gasteiger partial charge on any atom is -0.341 e.